The van der Waals surface area contributed by atoms with Crippen LogP contribution in [0.4, 0.5) is 5.69 Å². The van der Waals surface area contributed by atoms with Crippen molar-refractivity contribution in [2.75, 3.05) is 19.6 Å². The minimum atomic E-state index is -4.10. The molecule has 0 aromatic heterocycles. The number of hydrogen-bond donors (Lipinski definition) is 1. The first-order chi connectivity index (χ1) is 11.3. The van der Waals surface area contributed by atoms with Gasteiger partial charge in [-0.1, -0.05) is 11.6 Å². The van der Waals surface area contributed by atoms with Crippen molar-refractivity contribution in [2.24, 2.45) is 0 Å². The minimum absolute atomic E-state index is 0.0145. The zero-order valence-corrected chi connectivity index (χ0v) is 14.5. The number of benzene rings is 1. The topological polar surface area (TPSA) is 110 Å². The van der Waals surface area contributed by atoms with Crippen molar-refractivity contribution in [3.8, 4) is 0 Å². The van der Waals surface area contributed by atoms with E-state index in [2.05, 4.69) is 4.72 Å². The van der Waals surface area contributed by atoms with E-state index in [-0.39, 0.29) is 23.9 Å². The lowest BCUT2D eigenvalue weighted by Crippen LogP contribution is -2.37. The van der Waals surface area contributed by atoms with Crippen molar-refractivity contribution in [1.82, 2.24) is 9.62 Å². The Balaban J connectivity index is 2.01. The van der Waals surface area contributed by atoms with Crippen LogP contribution in [-0.2, 0) is 14.8 Å². The second kappa shape index (κ2) is 7.91. The molecule has 1 aliphatic heterocycles. The van der Waals surface area contributed by atoms with Crippen molar-refractivity contribution in [1.29, 1.82) is 0 Å². The van der Waals surface area contributed by atoms with Crippen molar-refractivity contribution < 1.29 is 18.1 Å². The second-order valence-corrected chi connectivity index (χ2v) is 7.63. The summed E-state index contributed by atoms with van der Waals surface area (Å²) in [5.74, 6) is -0.122. The first-order valence-electron chi connectivity index (χ1n) is 7.52. The number of nitrogens with one attached hydrogen (secondary N) is 1. The van der Waals surface area contributed by atoms with Crippen LogP contribution in [0.15, 0.2) is 23.1 Å². The molecule has 1 saturated heterocycles. The zero-order valence-electron chi connectivity index (χ0n) is 12.9. The Bertz CT molecular complexity index is 732. The summed E-state index contributed by atoms with van der Waals surface area (Å²) in [5.41, 5.74) is -0.600. The van der Waals surface area contributed by atoms with Gasteiger partial charge in [0.2, 0.25) is 15.9 Å². The number of sulfonamides is 1. The van der Waals surface area contributed by atoms with Gasteiger partial charge in [0.05, 0.1) is 4.92 Å². The summed E-state index contributed by atoms with van der Waals surface area (Å²) in [5, 5.41) is 11.1. The summed E-state index contributed by atoms with van der Waals surface area (Å²) in [4.78, 5) is 23.4. The van der Waals surface area contributed by atoms with Crippen LogP contribution in [-0.4, -0.2) is 43.8 Å². The van der Waals surface area contributed by atoms with Gasteiger partial charge >= 0.3 is 0 Å². The third kappa shape index (κ3) is 4.65. The number of nitro benzene ring substituents is 1. The summed E-state index contributed by atoms with van der Waals surface area (Å²) >= 11 is 5.67. The molecule has 0 atom stereocenters. The van der Waals surface area contributed by atoms with Crippen LogP contribution in [0.5, 0.6) is 0 Å². The van der Waals surface area contributed by atoms with E-state index < -0.39 is 25.5 Å². The van der Waals surface area contributed by atoms with E-state index in [1.54, 1.807) is 4.90 Å². The Kier molecular flexibility index (Phi) is 6.14. The number of hydrogen-bond acceptors (Lipinski definition) is 5. The van der Waals surface area contributed by atoms with Crippen LogP contribution in [0.25, 0.3) is 0 Å². The highest BCUT2D eigenvalue weighted by atomic mass is 35.5. The number of carbonyl (C=O) groups excluding carboxylic acids is 1. The lowest BCUT2D eigenvalue weighted by atomic mass is 10.1. The van der Waals surface area contributed by atoms with Crippen LogP contribution >= 0.6 is 11.6 Å². The molecule has 24 heavy (non-hydrogen) atoms. The largest absolute Gasteiger partial charge is 0.343 e. The molecule has 0 spiro atoms. The average Bonchev–Trinajstić information content (AvgIpc) is 2.55. The Morgan fingerprint density at radius 1 is 1.29 bits per heavy atom. The molecule has 2 rings (SSSR count). The van der Waals surface area contributed by atoms with E-state index in [1.807, 2.05) is 0 Å². The molecule has 8 nitrogen and oxygen atoms in total. The SMILES string of the molecule is O=C(CCNS(=O)(=O)c1ccc(Cl)cc1[N+](=O)[O-])N1CCCCC1. The molecular weight excluding hydrogens is 358 g/mol. The molecule has 1 aromatic carbocycles. The standard InChI is InChI=1S/C14H18ClN3O5S/c15-11-4-5-13(12(10-11)18(20)21)24(22,23)16-7-6-14(19)17-8-2-1-3-9-17/h4-5,10,16H,1-3,6-9H2. The number of piperidine rings is 1. The molecule has 0 aliphatic carbocycles. The van der Waals surface area contributed by atoms with Crippen molar-refractivity contribution in [3.63, 3.8) is 0 Å². The minimum Gasteiger partial charge on any atom is -0.343 e. The molecule has 1 N–H and O–H groups in total. The molecule has 1 aromatic rings. The average molecular weight is 376 g/mol. The van der Waals surface area contributed by atoms with Gasteiger partial charge in [0, 0.05) is 37.1 Å². The fourth-order valence-electron chi connectivity index (χ4n) is 2.53. The zero-order chi connectivity index (χ0) is 17.7. The highest BCUT2D eigenvalue weighted by molar-refractivity contribution is 7.89. The number of nitro groups is 1. The fourth-order valence-corrected chi connectivity index (χ4v) is 3.88. The van der Waals surface area contributed by atoms with E-state index in [1.165, 1.54) is 6.07 Å². The summed E-state index contributed by atoms with van der Waals surface area (Å²) in [6.45, 7) is 1.26. The van der Waals surface area contributed by atoms with Gasteiger partial charge in [0.15, 0.2) is 4.90 Å². The van der Waals surface area contributed by atoms with Gasteiger partial charge in [-0.15, -0.1) is 0 Å². The summed E-state index contributed by atoms with van der Waals surface area (Å²) in [6.07, 6.45) is 3.01. The summed E-state index contributed by atoms with van der Waals surface area (Å²) < 4.78 is 26.7. The number of amides is 1. The third-order valence-electron chi connectivity index (χ3n) is 3.75. The Morgan fingerprint density at radius 2 is 1.96 bits per heavy atom. The first-order valence-corrected chi connectivity index (χ1v) is 9.39. The summed E-state index contributed by atoms with van der Waals surface area (Å²) in [6, 6.07) is 3.33. The molecule has 10 heteroatoms. The number of nitrogens with zero attached hydrogens (tertiary/aromatic N) is 2. The quantitative estimate of drug-likeness (QED) is 0.603. The number of rotatable bonds is 6. The maximum Gasteiger partial charge on any atom is 0.290 e. The summed E-state index contributed by atoms with van der Waals surface area (Å²) in [7, 11) is -4.10. The fraction of sp³-hybridized carbons (Fsp3) is 0.500. The maximum atomic E-state index is 12.2. The van der Waals surface area contributed by atoms with E-state index in [0.717, 1.165) is 31.4 Å². The van der Waals surface area contributed by atoms with Crippen LogP contribution < -0.4 is 4.72 Å². The molecular formula is C14H18ClN3O5S. The molecule has 132 valence electrons. The molecule has 1 aliphatic rings. The van der Waals surface area contributed by atoms with Gasteiger partial charge in [-0.05, 0) is 31.4 Å². The number of carbonyl (C=O) groups is 1. The smallest absolute Gasteiger partial charge is 0.290 e. The predicted octanol–water partition coefficient (Wildman–Crippen LogP) is 1.93. The number of likely N-dealkylation sites (tertiary alicyclic amines) is 1. The van der Waals surface area contributed by atoms with Gasteiger partial charge in [-0.25, -0.2) is 13.1 Å². The first kappa shape index (κ1) is 18.6. The van der Waals surface area contributed by atoms with Crippen LogP contribution in [0, 0.1) is 10.1 Å². The third-order valence-corrected chi connectivity index (χ3v) is 5.49. The van der Waals surface area contributed by atoms with E-state index in [0.29, 0.717) is 13.1 Å². The Labute approximate surface area is 145 Å². The molecule has 0 unspecified atom stereocenters. The van der Waals surface area contributed by atoms with Gasteiger partial charge < -0.3 is 4.90 Å². The molecule has 0 bridgehead atoms. The predicted molar refractivity (Wildman–Crippen MR) is 88.3 cm³/mol. The number of halogens is 1. The van der Waals surface area contributed by atoms with Gasteiger partial charge in [0.1, 0.15) is 0 Å². The normalized spacial score (nSPS) is 15.3. The van der Waals surface area contributed by atoms with Crippen LogP contribution in [0.1, 0.15) is 25.7 Å². The van der Waals surface area contributed by atoms with Crippen molar-refractivity contribution in [3.05, 3.63) is 33.3 Å². The van der Waals surface area contributed by atoms with E-state index in [9.17, 15) is 23.3 Å². The van der Waals surface area contributed by atoms with E-state index in [4.69, 9.17) is 11.6 Å². The van der Waals surface area contributed by atoms with Gasteiger partial charge in [-0.3, -0.25) is 14.9 Å². The van der Waals surface area contributed by atoms with Gasteiger partial charge in [-0.2, -0.15) is 0 Å². The highest BCUT2D eigenvalue weighted by Gasteiger charge is 2.26. The van der Waals surface area contributed by atoms with Crippen LogP contribution in [0.3, 0.4) is 0 Å². The van der Waals surface area contributed by atoms with Gasteiger partial charge in [0.25, 0.3) is 5.69 Å². The lowest BCUT2D eigenvalue weighted by Gasteiger charge is -2.26. The van der Waals surface area contributed by atoms with Crippen molar-refractivity contribution >= 4 is 33.2 Å². The highest BCUT2D eigenvalue weighted by Crippen LogP contribution is 2.26. The molecule has 1 heterocycles. The molecule has 1 fully saturated rings. The molecule has 1 amide bonds. The Morgan fingerprint density at radius 3 is 2.58 bits per heavy atom. The van der Waals surface area contributed by atoms with Crippen molar-refractivity contribution in [2.45, 2.75) is 30.6 Å². The van der Waals surface area contributed by atoms with E-state index >= 15 is 0 Å². The molecule has 0 radical (unpaired) electrons. The Hall–Kier alpha value is -1.71. The van der Waals surface area contributed by atoms with Crippen LogP contribution in [0.2, 0.25) is 5.02 Å². The second-order valence-electron chi connectivity index (χ2n) is 5.46. The monoisotopic (exact) mass is 375 g/mol. The lowest BCUT2D eigenvalue weighted by molar-refractivity contribution is -0.387. The maximum absolute atomic E-state index is 12.2. The molecule has 0 saturated carbocycles.